The topological polar surface area (TPSA) is 109 Å². The number of thiazole rings is 1. The average molecular weight is 528 g/mol. The first-order valence-electron chi connectivity index (χ1n) is 12.1. The minimum Gasteiger partial charge on any atom is -0.480 e. The SMILES string of the molecule is O=C(O)CN(Cc1ccccc1)C(=O)c1csc(CNC(=O)OCC2c3ccccc3-c3ccccc32)n1. The fourth-order valence-electron chi connectivity index (χ4n) is 4.62. The molecule has 1 heterocycles. The van der Waals surface area contributed by atoms with Crippen LogP contribution in [0.1, 0.15) is 38.1 Å². The average Bonchev–Trinajstić information content (AvgIpc) is 3.53. The highest BCUT2D eigenvalue weighted by Crippen LogP contribution is 2.44. The number of amides is 2. The summed E-state index contributed by atoms with van der Waals surface area (Å²) in [6.45, 7) is -0.00719. The lowest BCUT2D eigenvalue weighted by Gasteiger charge is -2.19. The van der Waals surface area contributed by atoms with Gasteiger partial charge in [0.1, 0.15) is 23.9 Å². The van der Waals surface area contributed by atoms with Crippen LogP contribution in [0.3, 0.4) is 0 Å². The van der Waals surface area contributed by atoms with Crippen molar-refractivity contribution in [3.63, 3.8) is 0 Å². The summed E-state index contributed by atoms with van der Waals surface area (Å²) in [4.78, 5) is 42.3. The maximum Gasteiger partial charge on any atom is 0.407 e. The van der Waals surface area contributed by atoms with E-state index in [4.69, 9.17) is 4.74 Å². The molecular weight excluding hydrogens is 502 g/mol. The van der Waals surface area contributed by atoms with Gasteiger partial charge in [-0.15, -0.1) is 11.3 Å². The molecule has 1 aromatic heterocycles. The Labute approximate surface area is 223 Å². The van der Waals surface area contributed by atoms with E-state index in [1.807, 2.05) is 54.6 Å². The first kappa shape index (κ1) is 25.2. The number of nitrogens with zero attached hydrogens (tertiary/aromatic N) is 2. The van der Waals surface area contributed by atoms with E-state index in [9.17, 15) is 19.5 Å². The summed E-state index contributed by atoms with van der Waals surface area (Å²) in [6.07, 6.45) is -0.577. The molecule has 0 radical (unpaired) electrons. The third kappa shape index (κ3) is 5.57. The van der Waals surface area contributed by atoms with Crippen LogP contribution in [-0.4, -0.2) is 46.1 Å². The van der Waals surface area contributed by atoms with Crippen molar-refractivity contribution in [2.75, 3.05) is 13.2 Å². The molecule has 9 heteroatoms. The lowest BCUT2D eigenvalue weighted by molar-refractivity contribution is -0.137. The Morgan fingerprint density at radius 3 is 2.21 bits per heavy atom. The van der Waals surface area contributed by atoms with Gasteiger partial charge in [-0.2, -0.15) is 0 Å². The van der Waals surface area contributed by atoms with Crippen molar-refractivity contribution >= 4 is 29.3 Å². The monoisotopic (exact) mass is 527 g/mol. The largest absolute Gasteiger partial charge is 0.480 e. The molecule has 8 nitrogen and oxygen atoms in total. The zero-order valence-electron chi connectivity index (χ0n) is 20.4. The number of nitrogens with one attached hydrogen (secondary N) is 1. The Morgan fingerprint density at radius 1 is 0.921 bits per heavy atom. The summed E-state index contributed by atoms with van der Waals surface area (Å²) < 4.78 is 5.55. The molecule has 3 aromatic carbocycles. The molecule has 0 saturated heterocycles. The highest BCUT2D eigenvalue weighted by molar-refractivity contribution is 7.09. The normalized spacial score (nSPS) is 11.9. The molecule has 192 valence electrons. The van der Waals surface area contributed by atoms with Gasteiger partial charge in [0.25, 0.3) is 5.91 Å². The number of hydrogen-bond acceptors (Lipinski definition) is 6. The molecule has 38 heavy (non-hydrogen) atoms. The zero-order chi connectivity index (χ0) is 26.5. The third-order valence-electron chi connectivity index (χ3n) is 6.33. The number of carboxylic acids is 1. The lowest BCUT2D eigenvalue weighted by atomic mass is 9.98. The Morgan fingerprint density at radius 2 is 1.55 bits per heavy atom. The predicted octanol–water partition coefficient (Wildman–Crippen LogP) is 4.91. The van der Waals surface area contributed by atoms with Gasteiger partial charge in [-0.25, -0.2) is 9.78 Å². The summed E-state index contributed by atoms with van der Waals surface area (Å²) in [7, 11) is 0. The minimum atomic E-state index is -1.11. The number of carboxylic acid groups (broad SMARTS) is 1. The van der Waals surface area contributed by atoms with Crippen molar-refractivity contribution in [2.45, 2.75) is 19.0 Å². The van der Waals surface area contributed by atoms with E-state index in [0.29, 0.717) is 5.01 Å². The fraction of sp³-hybridized carbons (Fsp3) is 0.172. The summed E-state index contributed by atoms with van der Waals surface area (Å²) in [5.74, 6) is -1.64. The van der Waals surface area contributed by atoms with E-state index in [2.05, 4.69) is 34.6 Å². The molecule has 5 rings (SSSR count). The van der Waals surface area contributed by atoms with Crippen LogP contribution >= 0.6 is 11.3 Å². The van der Waals surface area contributed by atoms with Crippen LogP contribution in [0.2, 0.25) is 0 Å². The van der Waals surface area contributed by atoms with Gasteiger partial charge in [-0.05, 0) is 27.8 Å². The molecule has 0 saturated carbocycles. The number of rotatable bonds is 9. The van der Waals surface area contributed by atoms with Crippen molar-refractivity contribution in [2.24, 2.45) is 0 Å². The molecule has 2 N–H and O–H groups in total. The summed E-state index contributed by atoms with van der Waals surface area (Å²) >= 11 is 1.21. The van der Waals surface area contributed by atoms with Gasteiger partial charge in [0.05, 0.1) is 6.54 Å². The Bertz CT molecular complexity index is 1420. The molecule has 2 amide bonds. The number of hydrogen-bond donors (Lipinski definition) is 2. The van der Waals surface area contributed by atoms with E-state index >= 15 is 0 Å². The van der Waals surface area contributed by atoms with Crippen LogP contribution in [0.5, 0.6) is 0 Å². The predicted molar refractivity (Wildman–Crippen MR) is 143 cm³/mol. The van der Waals surface area contributed by atoms with Crippen LogP contribution < -0.4 is 5.32 Å². The van der Waals surface area contributed by atoms with E-state index in [0.717, 1.165) is 27.8 Å². The van der Waals surface area contributed by atoms with E-state index < -0.39 is 24.5 Å². The van der Waals surface area contributed by atoms with Crippen molar-refractivity contribution in [3.05, 3.63) is 112 Å². The molecule has 4 aromatic rings. The number of fused-ring (bicyclic) bond motifs is 3. The summed E-state index contributed by atoms with van der Waals surface area (Å²) in [5.41, 5.74) is 5.52. The molecule has 0 bridgehead atoms. The van der Waals surface area contributed by atoms with Crippen molar-refractivity contribution in [3.8, 4) is 11.1 Å². The standard InChI is InChI=1S/C29H25N3O5S/c33-27(34)16-32(15-19-8-2-1-3-9-19)28(35)25-18-38-26(31-25)14-30-29(36)37-17-24-22-12-6-4-10-20(22)21-11-5-7-13-23(21)24/h1-13,18,24H,14-17H2,(H,30,36)(H,33,34). The second-order valence-corrected chi connectivity index (χ2v) is 9.79. The van der Waals surface area contributed by atoms with Crippen molar-refractivity contribution in [1.29, 1.82) is 0 Å². The summed E-state index contributed by atoms with van der Waals surface area (Å²) in [6, 6.07) is 25.4. The Kier molecular flexibility index (Phi) is 7.46. The van der Waals surface area contributed by atoms with Gasteiger partial charge in [-0.1, -0.05) is 78.9 Å². The molecular formula is C29H25N3O5S. The van der Waals surface area contributed by atoms with E-state index in [1.54, 1.807) is 5.38 Å². The summed E-state index contributed by atoms with van der Waals surface area (Å²) in [5, 5.41) is 14.0. The maximum absolute atomic E-state index is 13.0. The van der Waals surface area contributed by atoms with Gasteiger partial charge in [0.2, 0.25) is 0 Å². The minimum absolute atomic E-state index is 0.0398. The first-order chi connectivity index (χ1) is 18.5. The van der Waals surface area contributed by atoms with Gasteiger partial charge < -0.3 is 20.1 Å². The lowest BCUT2D eigenvalue weighted by Crippen LogP contribution is -2.35. The number of ether oxygens (including phenoxy) is 1. The second-order valence-electron chi connectivity index (χ2n) is 8.85. The molecule has 0 aliphatic heterocycles. The van der Waals surface area contributed by atoms with Gasteiger partial charge in [0, 0.05) is 17.8 Å². The van der Waals surface area contributed by atoms with Gasteiger partial charge in [-0.3, -0.25) is 9.59 Å². The quantitative estimate of drug-likeness (QED) is 0.320. The Hall–Kier alpha value is -4.50. The first-order valence-corrected chi connectivity index (χ1v) is 13.0. The molecule has 1 aliphatic carbocycles. The van der Waals surface area contributed by atoms with Crippen molar-refractivity contribution < 1.29 is 24.2 Å². The van der Waals surface area contributed by atoms with Crippen LogP contribution in [0.15, 0.2) is 84.2 Å². The molecule has 1 aliphatic rings. The van der Waals surface area contributed by atoms with Crippen LogP contribution in [-0.2, 0) is 22.6 Å². The Balaban J connectivity index is 1.18. The van der Waals surface area contributed by atoms with Crippen molar-refractivity contribution in [1.82, 2.24) is 15.2 Å². The molecule has 0 fully saturated rings. The maximum atomic E-state index is 13.0. The fourth-order valence-corrected chi connectivity index (χ4v) is 5.32. The van der Waals surface area contributed by atoms with Crippen LogP contribution in [0, 0.1) is 0 Å². The van der Waals surface area contributed by atoms with Crippen LogP contribution in [0.4, 0.5) is 4.79 Å². The molecule has 0 unspecified atom stereocenters. The number of benzene rings is 3. The molecule has 0 spiro atoms. The van der Waals surface area contributed by atoms with Gasteiger partial charge >= 0.3 is 12.1 Å². The number of aliphatic carboxylic acids is 1. The van der Waals surface area contributed by atoms with E-state index in [1.165, 1.54) is 16.2 Å². The highest BCUT2D eigenvalue weighted by atomic mass is 32.1. The zero-order valence-corrected chi connectivity index (χ0v) is 21.2. The van der Waals surface area contributed by atoms with E-state index in [-0.39, 0.29) is 31.3 Å². The molecule has 0 atom stereocenters. The number of aromatic nitrogens is 1. The smallest absolute Gasteiger partial charge is 0.407 e. The number of carbonyl (C=O) groups excluding carboxylic acids is 2. The highest BCUT2D eigenvalue weighted by Gasteiger charge is 2.29. The van der Waals surface area contributed by atoms with Gasteiger partial charge in [0.15, 0.2) is 0 Å². The number of carbonyl (C=O) groups is 3. The van der Waals surface area contributed by atoms with Crippen LogP contribution in [0.25, 0.3) is 11.1 Å². The third-order valence-corrected chi connectivity index (χ3v) is 7.18. The number of alkyl carbamates (subject to hydrolysis) is 1. The second kappa shape index (κ2) is 11.3.